The Balaban J connectivity index is 2.09. The Hall–Kier alpha value is -1.02. The van der Waals surface area contributed by atoms with Crippen molar-refractivity contribution in [1.82, 2.24) is 0 Å². The highest BCUT2D eigenvalue weighted by Gasteiger charge is 2.02. The van der Waals surface area contributed by atoms with Gasteiger partial charge in [0.25, 0.3) is 0 Å². The van der Waals surface area contributed by atoms with Gasteiger partial charge in [-0.3, -0.25) is 0 Å². The minimum absolute atomic E-state index is 0.326. The van der Waals surface area contributed by atoms with Crippen LogP contribution < -0.4 is 0 Å². The lowest BCUT2D eigenvalue weighted by atomic mass is 10.0. The highest BCUT2D eigenvalue weighted by atomic mass is 16.3. The van der Waals surface area contributed by atoms with Gasteiger partial charge in [-0.1, -0.05) is 50.3 Å². The summed E-state index contributed by atoms with van der Waals surface area (Å²) in [7, 11) is 0. The average molecular weight is 250 g/mol. The van der Waals surface area contributed by atoms with Crippen LogP contribution in [0.3, 0.4) is 0 Å². The fraction of sp³-hybridized carbons (Fsp3) is 0.625. The average Bonchev–Trinajstić information content (AvgIpc) is 2.37. The van der Waals surface area contributed by atoms with Gasteiger partial charge in [0.15, 0.2) is 0 Å². The molecule has 2 heteroatoms. The number of unbranched alkanes of at least 4 members (excludes halogenated alkanes) is 6. The van der Waals surface area contributed by atoms with E-state index < -0.39 is 0 Å². The van der Waals surface area contributed by atoms with Gasteiger partial charge in [0.1, 0.15) is 5.75 Å². The Morgan fingerprint density at radius 2 is 1.50 bits per heavy atom. The molecule has 0 amide bonds. The van der Waals surface area contributed by atoms with E-state index in [1.165, 1.54) is 25.7 Å². The zero-order chi connectivity index (χ0) is 13.2. The zero-order valence-electron chi connectivity index (χ0n) is 11.5. The number of phenols is 1. The van der Waals surface area contributed by atoms with E-state index >= 15 is 0 Å². The predicted octanol–water partition coefficient (Wildman–Crippen LogP) is 3.97. The van der Waals surface area contributed by atoms with E-state index in [2.05, 4.69) is 0 Å². The molecule has 1 rings (SSSR count). The monoisotopic (exact) mass is 250 g/mol. The molecule has 1 aromatic carbocycles. The summed E-state index contributed by atoms with van der Waals surface area (Å²) in [6.07, 6.45) is 9.20. The standard InChI is InChI=1S/C16H26O2/c1-14-10-9-12-15(16(14)18)11-7-5-3-2-4-6-8-13-17/h9-10,12,17-18H,2-8,11,13H2,1H3. The normalized spacial score (nSPS) is 10.8. The summed E-state index contributed by atoms with van der Waals surface area (Å²) in [5.41, 5.74) is 2.05. The Morgan fingerprint density at radius 3 is 2.17 bits per heavy atom. The largest absolute Gasteiger partial charge is 0.507 e. The summed E-state index contributed by atoms with van der Waals surface area (Å²) >= 11 is 0. The SMILES string of the molecule is Cc1cccc(CCCCCCCCCO)c1O. The molecule has 0 aliphatic heterocycles. The molecule has 2 nitrogen and oxygen atoms in total. The second-order valence-corrected chi connectivity index (χ2v) is 5.03. The second kappa shape index (κ2) is 8.98. The van der Waals surface area contributed by atoms with Gasteiger partial charge in [0.05, 0.1) is 0 Å². The maximum Gasteiger partial charge on any atom is 0.121 e. The fourth-order valence-corrected chi connectivity index (χ4v) is 2.23. The lowest BCUT2D eigenvalue weighted by Gasteiger charge is -2.06. The summed E-state index contributed by atoms with van der Waals surface area (Å²) in [4.78, 5) is 0. The summed E-state index contributed by atoms with van der Waals surface area (Å²) in [5, 5.41) is 18.5. The van der Waals surface area contributed by atoms with Gasteiger partial charge in [-0.15, -0.1) is 0 Å². The van der Waals surface area contributed by atoms with Crippen molar-refractivity contribution in [3.05, 3.63) is 29.3 Å². The molecule has 0 unspecified atom stereocenters. The van der Waals surface area contributed by atoms with Crippen molar-refractivity contribution in [2.45, 2.75) is 58.3 Å². The van der Waals surface area contributed by atoms with Crippen molar-refractivity contribution in [3.8, 4) is 5.75 Å². The zero-order valence-corrected chi connectivity index (χ0v) is 11.5. The predicted molar refractivity (Wildman–Crippen MR) is 76.0 cm³/mol. The van der Waals surface area contributed by atoms with Crippen molar-refractivity contribution in [3.63, 3.8) is 0 Å². The van der Waals surface area contributed by atoms with Gasteiger partial charge >= 0.3 is 0 Å². The molecule has 0 saturated heterocycles. The smallest absolute Gasteiger partial charge is 0.121 e. The number of aryl methyl sites for hydroxylation is 2. The Bertz CT molecular complexity index is 334. The number of phenolic OH excluding ortho intramolecular Hbond substituents is 1. The Morgan fingerprint density at radius 1 is 0.889 bits per heavy atom. The van der Waals surface area contributed by atoms with Crippen molar-refractivity contribution in [2.75, 3.05) is 6.61 Å². The third kappa shape index (κ3) is 5.54. The number of aliphatic hydroxyl groups is 1. The van der Waals surface area contributed by atoms with Crippen LogP contribution in [0.2, 0.25) is 0 Å². The number of benzene rings is 1. The molecule has 0 fully saturated rings. The maximum absolute atomic E-state index is 9.87. The van der Waals surface area contributed by atoms with Crippen LogP contribution in [0.5, 0.6) is 5.75 Å². The van der Waals surface area contributed by atoms with Crippen molar-refractivity contribution < 1.29 is 10.2 Å². The van der Waals surface area contributed by atoms with Crippen LogP contribution >= 0.6 is 0 Å². The third-order valence-electron chi connectivity index (χ3n) is 3.43. The molecule has 18 heavy (non-hydrogen) atoms. The molecule has 1 aromatic rings. The molecular weight excluding hydrogens is 224 g/mol. The van der Waals surface area contributed by atoms with Crippen molar-refractivity contribution in [2.24, 2.45) is 0 Å². The molecule has 0 aromatic heterocycles. The molecule has 0 saturated carbocycles. The molecule has 2 N–H and O–H groups in total. The quantitative estimate of drug-likeness (QED) is 0.651. The number of hydrogen-bond acceptors (Lipinski definition) is 2. The molecule has 0 atom stereocenters. The van der Waals surface area contributed by atoms with Crippen LogP contribution in [0.25, 0.3) is 0 Å². The van der Waals surface area contributed by atoms with E-state index in [1.54, 1.807) is 0 Å². The molecule has 102 valence electrons. The number of para-hydroxylation sites is 1. The number of aromatic hydroxyl groups is 1. The first-order chi connectivity index (χ1) is 8.75. The first-order valence-corrected chi connectivity index (χ1v) is 7.14. The molecular formula is C16H26O2. The summed E-state index contributed by atoms with van der Waals surface area (Å²) < 4.78 is 0. The van der Waals surface area contributed by atoms with E-state index in [1.807, 2.05) is 25.1 Å². The lowest BCUT2D eigenvalue weighted by molar-refractivity contribution is 0.282. The lowest BCUT2D eigenvalue weighted by Crippen LogP contribution is -1.89. The van der Waals surface area contributed by atoms with Crippen LogP contribution in [0.4, 0.5) is 0 Å². The van der Waals surface area contributed by atoms with E-state index in [4.69, 9.17) is 5.11 Å². The first kappa shape index (κ1) is 15.0. The first-order valence-electron chi connectivity index (χ1n) is 7.14. The minimum atomic E-state index is 0.326. The van der Waals surface area contributed by atoms with Crippen molar-refractivity contribution in [1.29, 1.82) is 0 Å². The summed E-state index contributed by atoms with van der Waals surface area (Å²) in [6.45, 7) is 2.27. The van der Waals surface area contributed by atoms with E-state index in [-0.39, 0.29) is 0 Å². The third-order valence-corrected chi connectivity index (χ3v) is 3.43. The molecule has 0 spiro atoms. The number of rotatable bonds is 9. The number of aliphatic hydroxyl groups excluding tert-OH is 1. The van der Waals surface area contributed by atoms with Crippen LogP contribution in [0.1, 0.15) is 56.1 Å². The number of hydrogen-bond donors (Lipinski definition) is 2. The maximum atomic E-state index is 9.87. The van der Waals surface area contributed by atoms with Crippen LogP contribution in [0, 0.1) is 6.92 Å². The fourth-order valence-electron chi connectivity index (χ4n) is 2.23. The summed E-state index contributed by atoms with van der Waals surface area (Å²) in [5.74, 6) is 0.473. The second-order valence-electron chi connectivity index (χ2n) is 5.03. The van der Waals surface area contributed by atoms with Gasteiger partial charge < -0.3 is 10.2 Å². The topological polar surface area (TPSA) is 40.5 Å². The van der Waals surface area contributed by atoms with Gasteiger partial charge in [-0.2, -0.15) is 0 Å². The van der Waals surface area contributed by atoms with Crippen LogP contribution in [-0.4, -0.2) is 16.8 Å². The van der Waals surface area contributed by atoms with Crippen LogP contribution in [0.15, 0.2) is 18.2 Å². The minimum Gasteiger partial charge on any atom is -0.507 e. The Kier molecular flexibility index (Phi) is 7.51. The summed E-state index contributed by atoms with van der Waals surface area (Å²) in [6, 6.07) is 5.98. The van der Waals surface area contributed by atoms with Crippen LogP contribution in [-0.2, 0) is 6.42 Å². The van der Waals surface area contributed by atoms with Gasteiger partial charge in [-0.05, 0) is 37.3 Å². The van der Waals surface area contributed by atoms with Gasteiger partial charge in [0.2, 0.25) is 0 Å². The highest BCUT2D eigenvalue weighted by molar-refractivity contribution is 5.39. The van der Waals surface area contributed by atoms with E-state index in [9.17, 15) is 5.11 Å². The molecule has 0 radical (unpaired) electrons. The highest BCUT2D eigenvalue weighted by Crippen LogP contribution is 2.23. The molecule has 0 aliphatic rings. The van der Waals surface area contributed by atoms with Gasteiger partial charge in [-0.25, -0.2) is 0 Å². The molecule has 0 aliphatic carbocycles. The Labute approximate surface area is 111 Å². The van der Waals surface area contributed by atoms with E-state index in [0.717, 1.165) is 36.8 Å². The van der Waals surface area contributed by atoms with Crippen molar-refractivity contribution >= 4 is 0 Å². The molecule has 0 heterocycles. The van der Waals surface area contributed by atoms with Gasteiger partial charge in [0, 0.05) is 6.61 Å². The molecule has 0 bridgehead atoms. The van der Waals surface area contributed by atoms with E-state index in [0.29, 0.717) is 12.4 Å².